The third kappa shape index (κ3) is 2.73. The molecule has 2 heterocycles. The number of hydrogen-bond donors (Lipinski definition) is 3. The second-order valence-corrected chi connectivity index (χ2v) is 5.69. The second kappa shape index (κ2) is 6.31. The number of ether oxygens (including phenoxy) is 1. The fraction of sp³-hybridized carbons (Fsp3) is 0.714. The van der Waals surface area contributed by atoms with Gasteiger partial charge in [0.2, 0.25) is 0 Å². The third-order valence-corrected chi connectivity index (χ3v) is 4.11. The molecule has 22 heavy (non-hydrogen) atoms. The number of aliphatic hydroxyl groups is 2. The van der Waals surface area contributed by atoms with E-state index in [1.54, 1.807) is 6.92 Å². The summed E-state index contributed by atoms with van der Waals surface area (Å²) in [6.07, 6.45) is 0.333. The van der Waals surface area contributed by atoms with Crippen LogP contribution in [0.2, 0.25) is 0 Å². The molecule has 1 aromatic rings. The van der Waals surface area contributed by atoms with Crippen molar-refractivity contribution >= 4 is 5.82 Å². The Labute approximate surface area is 127 Å². The molecule has 1 saturated heterocycles. The van der Waals surface area contributed by atoms with E-state index in [2.05, 4.69) is 4.98 Å². The zero-order chi connectivity index (χ0) is 16.5. The molecule has 4 N–H and O–H groups in total. The van der Waals surface area contributed by atoms with Crippen molar-refractivity contribution in [3.8, 4) is 0 Å². The monoisotopic (exact) mass is 315 g/mol. The van der Waals surface area contributed by atoms with Gasteiger partial charge in [-0.2, -0.15) is 4.98 Å². The van der Waals surface area contributed by atoms with Crippen LogP contribution in [0.15, 0.2) is 11.0 Å². The van der Waals surface area contributed by atoms with E-state index < -0.39 is 41.4 Å². The van der Waals surface area contributed by atoms with Crippen LogP contribution in [0.5, 0.6) is 0 Å². The van der Waals surface area contributed by atoms with Gasteiger partial charge in [-0.05, 0) is 19.8 Å². The summed E-state index contributed by atoms with van der Waals surface area (Å²) in [5.74, 6) is -1.38. The average molecular weight is 315 g/mol. The highest BCUT2D eigenvalue weighted by Gasteiger charge is 2.54. The van der Waals surface area contributed by atoms with Gasteiger partial charge in [0.05, 0.1) is 12.3 Å². The first-order valence-corrected chi connectivity index (χ1v) is 7.42. The van der Waals surface area contributed by atoms with E-state index in [1.165, 1.54) is 0 Å². The van der Waals surface area contributed by atoms with Crippen molar-refractivity contribution in [2.75, 3.05) is 5.73 Å². The van der Waals surface area contributed by atoms with Crippen LogP contribution in [0.25, 0.3) is 0 Å². The molecule has 7 nitrogen and oxygen atoms in total. The SMILES string of the molecule is CCCCC[C@@]1(n2cc(F)c(N)nc2=O)O[C@H](C)[C@@H](O)[C@H]1O. The number of nitrogen functional groups attached to an aromatic ring is 1. The molecule has 0 unspecified atom stereocenters. The lowest BCUT2D eigenvalue weighted by Crippen LogP contribution is -2.51. The van der Waals surface area contributed by atoms with Crippen LogP contribution in [-0.2, 0) is 10.5 Å². The van der Waals surface area contributed by atoms with E-state index in [0.717, 1.165) is 23.6 Å². The van der Waals surface area contributed by atoms with Crippen molar-refractivity contribution in [1.82, 2.24) is 9.55 Å². The van der Waals surface area contributed by atoms with Crippen molar-refractivity contribution in [2.45, 2.75) is 63.6 Å². The molecule has 4 atom stereocenters. The molecule has 0 radical (unpaired) electrons. The first-order chi connectivity index (χ1) is 10.3. The lowest BCUT2D eigenvalue weighted by Gasteiger charge is -2.34. The van der Waals surface area contributed by atoms with Crippen LogP contribution in [0, 0.1) is 5.82 Å². The van der Waals surface area contributed by atoms with E-state index in [1.807, 2.05) is 6.92 Å². The minimum absolute atomic E-state index is 0.258. The van der Waals surface area contributed by atoms with Gasteiger partial charge in [-0.15, -0.1) is 0 Å². The van der Waals surface area contributed by atoms with Gasteiger partial charge in [-0.1, -0.05) is 19.8 Å². The molecular weight excluding hydrogens is 293 g/mol. The van der Waals surface area contributed by atoms with Gasteiger partial charge in [0, 0.05) is 0 Å². The number of unbranched alkanes of at least 4 members (excludes halogenated alkanes) is 2. The van der Waals surface area contributed by atoms with Crippen molar-refractivity contribution in [2.24, 2.45) is 0 Å². The summed E-state index contributed by atoms with van der Waals surface area (Å²) in [4.78, 5) is 15.5. The Kier molecular flexibility index (Phi) is 4.84. The fourth-order valence-corrected chi connectivity index (χ4v) is 2.86. The second-order valence-electron chi connectivity index (χ2n) is 5.69. The molecular formula is C14H22FN3O4. The number of halogens is 1. The minimum atomic E-state index is -1.54. The molecule has 0 spiro atoms. The van der Waals surface area contributed by atoms with E-state index in [4.69, 9.17) is 10.5 Å². The number of aliphatic hydroxyl groups excluding tert-OH is 2. The summed E-state index contributed by atoms with van der Waals surface area (Å²) < 4.78 is 20.4. The van der Waals surface area contributed by atoms with Crippen LogP contribution in [0.4, 0.5) is 10.2 Å². The Morgan fingerprint density at radius 2 is 2.18 bits per heavy atom. The number of anilines is 1. The van der Waals surface area contributed by atoms with Gasteiger partial charge >= 0.3 is 5.69 Å². The predicted octanol–water partition coefficient (Wildman–Crippen LogP) is 0.338. The predicted molar refractivity (Wildman–Crippen MR) is 77.5 cm³/mol. The maximum Gasteiger partial charge on any atom is 0.352 e. The minimum Gasteiger partial charge on any atom is -0.388 e. The summed E-state index contributed by atoms with van der Waals surface area (Å²) in [6.45, 7) is 3.59. The van der Waals surface area contributed by atoms with Gasteiger partial charge in [-0.25, -0.2) is 9.18 Å². The summed E-state index contributed by atoms with van der Waals surface area (Å²) in [5, 5.41) is 20.4. The number of rotatable bonds is 5. The first kappa shape index (κ1) is 16.9. The highest BCUT2D eigenvalue weighted by Crippen LogP contribution is 2.39. The van der Waals surface area contributed by atoms with Crippen LogP contribution >= 0.6 is 0 Å². The van der Waals surface area contributed by atoms with Crippen LogP contribution in [-0.4, -0.2) is 38.1 Å². The van der Waals surface area contributed by atoms with E-state index in [0.29, 0.717) is 6.42 Å². The van der Waals surface area contributed by atoms with Gasteiger partial charge in [-0.3, -0.25) is 4.57 Å². The van der Waals surface area contributed by atoms with Crippen molar-refractivity contribution in [1.29, 1.82) is 0 Å². The van der Waals surface area contributed by atoms with Crippen LogP contribution in [0.1, 0.15) is 39.5 Å². The number of aromatic nitrogens is 2. The highest BCUT2D eigenvalue weighted by atomic mass is 19.1. The summed E-state index contributed by atoms with van der Waals surface area (Å²) in [6, 6.07) is 0. The lowest BCUT2D eigenvalue weighted by atomic mass is 9.96. The van der Waals surface area contributed by atoms with Crippen molar-refractivity contribution in [3.63, 3.8) is 0 Å². The fourth-order valence-electron chi connectivity index (χ4n) is 2.86. The van der Waals surface area contributed by atoms with Gasteiger partial charge in [0.1, 0.15) is 12.2 Å². The lowest BCUT2D eigenvalue weighted by molar-refractivity contribution is -0.147. The summed E-state index contributed by atoms with van der Waals surface area (Å²) >= 11 is 0. The third-order valence-electron chi connectivity index (χ3n) is 4.11. The van der Waals surface area contributed by atoms with Gasteiger partial charge < -0.3 is 20.7 Å². The molecule has 0 bridgehead atoms. The van der Waals surface area contributed by atoms with Crippen molar-refractivity contribution < 1.29 is 19.3 Å². The molecule has 124 valence electrons. The Morgan fingerprint density at radius 1 is 1.50 bits per heavy atom. The maximum atomic E-state index is 13.7. The van der Waals surface area contributed by atoms with Gasteiger partial charge in [0.15, 0.2) is 17.4 Å². The largest absolute Gasteiger partial charge is 0.388 e. The molecule has 1 aromatic heterocycles. The number of hydrogen-bond acceptors (Lipinski definition) is 6. The molecule has 1 fully saturated rings. The Hall–Kier alpha value is -1.51. The van der Waals surface area contributed by atoms with Crippen LogP contribution < -0.4 is 11.4 Å². The Balaban J connectivity index is 2.50. The molecule has 0 aliphatic carbocycles. The van der Waals surface area contributed by atoms with Crippen molar-refractivity contribution in [3.05, 3.63) is 22.5 Å². The Morgan fingerprint density at radius 3 is 2.73 bits per heavy atom. The van der Waals surface area contributed by atoms with E-state index in [-0.39, 0.29) is 6.42 Å². The van der Waals surface area contributed by atoms with E-state index >= 15 is 0 Å². The topological polar surface area (TPSA) is 111 Å². The molecule has 8 heteroatoms. The summed E-state index contributed by atoms with van der Waals surface area (Å²) in [5.41, 5.74) is 2.93. The zero-order valence-corrected chi connectivity index (χ0v) is 12.7. The normalized spacial score (nSPS) is 31.6. The van der Waals surface area contributed by atoms with Gasteiger partial charge in [0.25, 0.3) is 0 Å². The first-order valence-electron chi connectivity index (χ1n) is 7.42. The molecule has 2 rings (SSSR count). The molecule has 0 aromatic carbocycles. The number of nitrogens with zero attached hydrogens (tertiary/aromatic N) is 2. The van der Waals surface area contributed by atoms with E-state index in [9.17, 15) is 19.4 Å². The quantitative estimate of drug-likeness (QED) is 0.676. The highest BCUT2D eigenvalue weighted by molar-refractivity contribution is 5.27. The number of nitrogens with two attached hydrogens (primary N) is 1. The standard InChI is InChI=1S/C14H22FN3O4/c1-3-4-5-6-14(11(20)10(19)8(2)22-14)18-7-9(15)12(16)17-13(18)21/h7-8,10-11,19-20H,3-6H2,1-2H3,(H2,16,17,21)/t8-,10-,11-,14-/m1/s1. The smallest absolute Gasteiger partial charge is 0.352 e. The molecule has 1 aliphatic heterocycles. The Bertz CT molecular complexity index is 594. The zero-order valence-electron chi connectivity index (χ0n) is 12.7. The molecule has 0 saturated carbocycles. The molecule has 0 amide bonds. The maximum absolute atomic E-state index is 13.7. The average Bonchev–Trinajstić information content (AvgIpc) is 2.68. The molecule has 1 aliphatic rings. The summed E-state index contributed by atoms with van der Waals surface area (Å²) in [7, 11) is 0. The van der Waals surface area contributed by atoms with Crippen LogP contribution in [0.3, 0.4) is 0 Å².